The van der Waals surface area contributed by atoms with Crippen molar-refractivity contribution in [1.29, 1.82) is 0 Å². The summed E-state index contributed by atoms with van der Waals surface area (Å²) in [6.07, 6.45) is 6.51. The van der Waals surface area contributed by atoms with Crippen molar-refractivity contribution in [3.05, 3.63) is 28.5 Å². The molecule has 0 saturated heterocycles. The highest BCUT2D eigenvalue weighted by atomic mass is 127. The van der Waals surface area contributed by atoms with E-state index >= 15 is 0 Å². The molecule has 2 aromatic heterocycles. The zero-order chi connectivity index (χ0) is 19.1. The molecule has 2 aromatic rings. The quantitative estimate of drug-likeness (QED) is 0.234. The Morgan fingerprint density at radius 2 is 2.07 bits per heavy atom. The normalized spacial score (nSPS) is 13.7. The summed E-state index contributed by atoms with van der Waals surface area (Å²) in [6, 6.07) is 0. The van der Waals surface area contributed by atoms with Gasteiger partial charge in [-0.2, -0.15) is 5.10 Å². The van der Waals surface area contributed by atoms with Crippen molar-refractivity contribution < 1.29 is 0 Å². The molecule has 1 aliphatic heterocycles. The molecule has 0 aliphatic carbocycles. The minimum atomic E-state index is 0. The molecule has 0 radical (unpaired) electrons. The topological polar surface area (TPSA) is 107 Å². The van der Waals surface area contributed by atoms with Gasteiger partial charge in [-0.15, -0.1) is 34.2 Å². The largest absolute Gasteiger partial charge is 0.356 e. The lowest BCUT2D eigenvalue weighted by Gasteiger charge is -2.12. The lowest BCUT2D eigenvalue weighted by molar-refractivity contribution is 0.509. The minimum Gasteiger partial charge on any atom is -0.356 e. The van der Waals surface area contributed by atoms with Crippen molar-refractivity contribution in [2.24, 2.45) is 4.99 Å². The van der Waals surface area contributed by atoms with Crippen LogP contribution in [0.25, 0.3) is 0 Å². The highest BCUT2D eigenvalue weighted by Crippen LogP contribution is 2.09. The summed E-state index contributed by atoms with van der Waals surface area (Å²) in [5.74, 6) is 2.66. The predicted octanol–water partition coefficient (Wildman–Crippen LogP) is 0.408. The third kappa shape index (κ3) is 5.55. The number of halogens is 1. The third-order valence-electron chi connectivity index (χ3n) is 4.75. The summed E-state index contributed by atoms with van der Waals surface area (Å²) in [6.45, 7) is 5.72. The Bertz CT molecular complexity index is 823. The Morgan fingerprint density at radius 3 is 2.82 bits per heavy atom. The summed E-state index contributed by atoms with van der Waals surface area (Å²) < 4.78 is 5.44. The predicted molar refractivity (Wildman–Crippen MR) is 118 cm³/mol. The number of guanidine groups is 1. The Labute approximate surface area is 181 Å². The van der Waals surface area contributed by atoms with Gasteiger partial charge < -0.3 is 15.2 Å². The van der Waals surface area contributed by atoms with Crippen molar-refractivity contribution in [2.75, 3.05) is 20.1 Å². The molecule has 10 nitrogen and oxygen atoms in total. The summed E-state index contributed by atoms with van der Waals surface area (Å²) in [4.78, 5) is 16.5. The van der Waals surface area contributed by atoms with Crippen LogP contribution in [0.2, 0.25) is 0 Å². The molecule has 0 saturated carbocycles. The molecule has 3 heterocycles. The first kappa shape index (κ1) is 22.4. The van der Waals surface area contributed by atoms with Crippen LogP contribution in [0.1, 0.15) is 37.8 Å². The Balaban J connectivity index is 0.00000280. The maximum Gasteiger partial charge on any atom is 0.345 e. The van der Waals surface area contributed by atoms with Gasteiger partial charge in [-0.1, -0.05) is 6.92 Å². The molecular formula is C17H30IN9O. The van der Waals surface area contributed by atoms with E-state index in [1.165, 1.54) is 0 Å². The second-order valence-electron chi connectivity index (χ2n) is 6.60. The molecule has 1 aliphatic rings. The molecular weight excluding hydrogens is 473 g/mol. The van der Waals surface area contributed by atoms with E-state index in [2.05, 4.69) is 37.8 Å². The second-order valence-corrected chi connectivity index (χ2v) is 6.60. The van der Waals surface area contributed by atoms with E-state index < -0.39 is 0 Å². The summed E-state index contributed by atoms with van der Waals surface area (Å²) >= 11 is 0. The van der Waals surface area contributed by atoms with Crippen LogP contribution in [0.15, 0.2) is 16.1 Å². The molecule has 0 amide bonds. The van der Waals surface area contributed by atoms with Gasteiger partial charge in [-0.3, -0.25) is 9.56 Å². The lowest BCUT2D eigenvalue weighted by Crippen LogP contribution is -2.39. The van der Waals surface area contributed by atoms with Crippen LogP contribution >= 0.6 is 24.0 Å². The van der Waals surface area contributed by atoms with Crippen molar-refractivity contribution in [2.45, 2.75) is 58.7 Å². The third-order valence-corrected chi connectivity index (χ3v) is 4.75. The van der Waals surface area contributed by atoms with Crippen LogP contribution in [0.4, 0.5) is 0 Å². The van der Waals surface area contributed by atoms with Crippen LogP contribution in [0.5, 0.6) is 0 Å². The number of hydrogen-bond donors (Lipinski definition) is 2. The molecule has 0 fully saturated rings. The monoisotopic (exact) mass is 503 g/mol. The van der Waals surface area contributed by atoms with E-state index in [-0.39, 0.29) is 29.7 Å². The standard InChI is InChI=1S/C17H29N9O.HI/c1-3-14-22-21-13-24(14)12-9-20-16(18-2)19-8-6-11-26-17(27)25-10-5-4-7-15(25)23-26;/h13H,3-12H2,1-2H3,(H2,18,19,20);1H. The maximum absolute atomic E-state index is 12.3. The van der Waals surface area contributed by atoms with Gasteiger partial charge in [-0.25, -0.2) is 9.48 Å². The van der Waals surface area contributed by atoms with Gasteiger partial charge in [0.05, 0.1) is 0 Å². The average molecular weight is 503 g/mol. The zero-order valence-electron chi connectivity index (χ0n) is 16.6. The number of nitrogens with zero attached hydrogens (tertiary/aromatic N) is 7. The molecule has 3 rings (SSSR count). The molecule has 2 N–H and O–H groups in total. The number of fused-ring (bicyclic) bond motifs is 1. The van der Waals surface area contributed by atoms with Gasteiger partial charge in [0.1, 0.15) is 18.0 Å². The number of aromatic nitrogens is 6. The Morgan fingerprint density at radius 1 is 1.25 bits per heavy atom. The summed E-state index contributed by atoms with van der Waals surface area (Å²) in [5, 5.41) is 19.0. The minimum absolute atomic E-state index is 0. The van der Waals surface area contributed by atoms with Crippen LogP contribution in [0.3, 0.4) is 0 Å². The summed E-state index contributed by atoms with van der Waals surface area (Å²) in [7, 11) is 1.75. The van der Waals surface area contributed by atoms with Gasteiger partial charge in [0.15, 0.2) is 5.96 Å². The summed E-state index contributed by atoms with van der Waals surface area (Å²) in [5.41, 5.74) is 0.0212. The second kappa shape index (κ2) is 11.2. The van der Waals surface area contributed by atoms with E-state index in [0.29, 0.717) is 6.54 Å². The fraction of sp³-hybridized carbons (Fsp3) is 0.706. The molecule has 0 unspecified atom stereocenters. The molecule has 0 bridgehead atoms. The average Bonchev–Trinajstić information content (AvgIpc) is 3.28. The maximum atomic E-state index is 12.3. The zero-order valence-corrected chi connectivity index (χ0v) is 18.9. The van der Waals surface area contributed by atoms with E-state index in [1.807, 2.05) is 9.13 Å². The van der Waals surface area contributed by atoms with E-state index in [1.54, 1.807) is 18.1 Å². The molecule has 0 atom stereocenters. The van der Waals surface area contributed by atoms with Crippen molar-refractivity contribution in [3.8, 4) is 0 Å². The number of rotatable bonds is 8. The number of hydrogen-bond acceptors (Lipinski definition) is 5. The van der Waals surface area contributed by atoms with Crippen LogP contribution in [-0.2, 0) is 32.5 Å². The first-order valence-electron chi connectivity index (χ1n) is 9.70. The molecule has 0 spiro atoms. The van der Waals surface area contributed by atoms with E-state index in [9.17, 15) is 4.79 Å². The van der Waals surface area contributed by atoms with Gasteiger partial charge in [0.25, 0.3) is 0 Å². The Kier molecular flexibility index (Phi) is 8.93. The lowest BCUT2D eigenvalue weighted by atomic mass is 10.2. The van der Waals surface area contributed by atoms with E-state index in [4.69, 9.17) is 0 Å². The number of aryl methyl sites for hydroxylation is 3. The first-order valence-corrected chi connectivity index (χ1v) is 9.70. The van der Waals surface area contributed by atoms with Gasteiger partial charge in [0.2, 0.25) is 0 Å². The molecule has 11 heteroatoms. The fourth-order valence-electron chi connectivity index (χ4n) is 3.28. The molecule has 156 valence electrons. The highest BCUT2D eigenvalue weighted by molar-refractivity contribution is 14.0. The fourth-order valence-corrected chi connectivity index (χ4v) is 3.28. The molecule has 28 heavy (non-hydrogen) atoms. The highest BCUT2D eigenvalue weighted by Gasteiger charge is 2.16. The van der Waals surface area contributed by atoms with Crippen molar-refractivity contribution in [1.82, 2.24) is 39.7 Å². The van der Waals surface area contributed by atoms with Crippen LogP contribution < -0.4 is 16.3 Å². The first-order chi connectivity index (χ1) is 13.2. The number of nitrogens with one attached hydrogen (secondary N) is 2. The Hall–Kier alpha value is -1.92. The van der Waals surface area contributed by atoms with Crippen molar-refractivity contribution >= 4 is 29.9 Å². The van der Waals surface area contributed by atoms with Crippen LogP contribution in [0, 0.1) is 0 Å². The van der Waals surface area contributed by atoms with Crippen molar-refractivity contribution in [3.63, 3.8) is 0 Å². The van der Waals surface area contributed by atoms with Crippen LogP contribution in [-0.4, -0.2) is 55.2 Å². The van der Waals surface area contributed by atoms with Gasteiger partial charge in [-0.05, 0) is 19.3 Å². The van der Waals surface area contributed by atoms with Gasteiger partial charge >= 0.3 is 5.69 Å². The van der Waals surface area contributed by atoms with Gasteiger partial charge in [0, 0.05) is 52.6 Å². The smallest absolute Gasteiger partial charge is 0.345 e. The number of aliphatic imine (C=N–C) groups is 1. The van der Waals surface area contributed by atoms with E-state index in [0.717, 1.165) is 75.9 Å². The molecule has 0 aromatic carbocycles. The SMILES string of the molecule is CCc1nncn1CCNC(=NC)NCCCn1nc2n(c1=O)CCCC2.I.